The van der Waals surface area contributed by atoms with E-state index in [4.69, 9.17) is 13.8 Å². The Labute approximate surface area is 314 Å². The van der Waals surface area contributed by atoms with Crippen LogP contribution in [0.25, 0.3) is 21.6 Å². The minimum atomic E-state index is -5.33. The molecule has 6 rings (SSSR count). The molecule has 0 saturated carbocycles. The van der Waals surface area contributed by atoms with E-state index in [-0.39, 0.29) is 25.5 Å². The van der Waals surface area contributed by atoms with Gasteiger partial charge in [0, 0.05) is 18.9 Å². The fourth-order valence-electron chi connectivity index (χ4n) is 6.55. The third-order valence-electron chi connectivity index (χ3n) is 9.05. The number of aromatic nitrogens is 1. The van der Waals surface area contributed by atoms with Gasteiger partial charge in [0.2, 0.25) is 5.91 Å². The second-order valence-corrected chi connectivity index (χ2v) is 16.5. The zero-order valence-electron chi connectivity index (χ0n) is 29.1. The van der Waals surface area contributed by atoms with Gasteiger partial charge in [0.05, 0.1) is 41.4 Å². The fraction of sp³-hybridized carbons (Fsp3) is 0.314. The number of phosphoric acid groups is 2. The van der Waals surface area contributed by atoms with Gasteiger partial charge in [-0.15, -0.1) is 11.3 Å². The monoisotopic (exact) mass is 800 g/mol. The SMILES string of the molecule is Cc1ncsc1-c1ccc([C@H](C)NC(=O)C2CC(OP(=O)(O)OP(=O)(O)OCCNC(=O)OCC3c4ccccc4-c4ccccc43)CN2C(=O)O)cc1. The number of nitrogens with zero attached hydrogens (tertiary/aromatic N) is 2. The summed E-state index contributed by atoms with van der Waals surface area (Å²) in [5.41, 5.74) is 8.52. The molecule has 1 aromatic heterocycles. The molecule has 1 aliphatic carbocycles. The molecule has 4 aromatic rings. The van der Waals surface area contributed by atoms with Gasteiger partial charge in [0.1, 0.15) is 12.6 Å². The Bertz CT molecular complexity index is 2070. The normalized spacial score (nSPS) is 19.2. The molecule has 3 amide bonds. The van der Waals surface area contributed by atoms with E-state index in [1.807, 2.05) is 79.7 Å². The Morgan fingerprint density at radius 3 is 2.24 bits per heavy atom. The van der Waals surface area contributed by atoms with E-state index in [0.29, 0.717) is 0 Å². The first-order valence-corrected chi connectivity index (χ1v) is 20.7. The number of amides is 3. The molecule has 1 aliphatic heterocycles. The summed E-state index contributed by atoms with van der Waals surface area (Å²) in [6, 6.07) is 21.3. The molecule has 5 N–H and O–H groups in total. The maximum Gasteiger partial charge on any atom is 0.481 e. The molecule has 3 aromatic carbocycles. The molecular weight excluding hydrogens is 762 g/mol. The molecular formula is C35H38N4O12P2S. The topological polar surface area (TPSA) is 223 Å². The third kappa shape index (κ3) is 9.25. The highest BCUT2D eigenvalue weighted by molar-refractivity contribution is 7.61. The van der Waals surface area contributed by atoms with Gasteiger partial charge < -0.3 is 30.3 Å². The Morgan fingerprint density at radius 1 is 0.981 bits per heavy atom. The van der Waals surface area contributed by atoms with Crippen LogP contribution in [-0.4, -0.2) is 81.3 Å². The minimum absolute atomic E-state index is 0.0392. The number of benzene rings is 3. The largest absolute Gasteiger partial charge is 0.481 e. The number of rotatable bonds is 14. The van der Waals surface area contributed by atoms with Crippen molar-refractivity contribution in [3.63, 3.8) is 0 Å². The maximum atomic E-state index is 13.2. The predicted octanol–water partition coefficient (Wildman–Crippen LogP) is 6.21. The number of hydrogen-bond donors (Lipinski definition) is 5. The number of fused-ring (bicyclic) bond motifs is 3. The van der Waals surface area contributed by atoms with E-state index in [2.05, 4.69) is 19.9 Å². The summed E-state index contributed by atoms with van der Waals surface area (Å²) in [5, 5.41) is 14.9. The quantitative estimate of drug-likeness (QED) is 0.0708. The lowest BCUT2D eigenvalue weighted by Gasteiger charge is -2.23. The number of phosphoric ester groups is 2. The molecule has 16 nitrogen and oxygen atoms in total. The lowest BCUT2D eigenvalue weighted by molar-refractivity contribution is -0.125. The number of aryl methyl sites for hydroxylation is 1. The summed E-state index contributed by atoms with van der Waals surface area (Å²) in [6.07, 6.45) is -3.99. The van der Waals surface area contributed by atoms with E-state index in [1.54, 1.807) is 12.4 Å². The van der Waals surface area contributed by atoms with Crippen LogP contribution < -0.4 is 10.6 Å². The van der Waals surface area contributed by atoms with Gasteiger partial charge in [-0.05, 0) is 47.2 Å². The first-order chi connectivity index (χ1) is 25.7. The molecule has 0 radical (unpaired) electrons. The summed E-state index contributed by atoms with van der Waals surface area (Å²) < 4.78 is 44.7. The van der Waals surface area contributed by atoms with Gasteiger partial charge in [-0.25, -0.2) is 23.7 Å². The second kappa shape index (κ2) is 16.5. The van der Waals surface area contributed by atoms with Crippen molar-refractivity contribution >= 4 is 45.1 Å². The van der Waals surface area contributed by atoms with Crippen LogP contribution in [0.4, 0.5) is 9.59 Å². The Balaban J connectivity index is 0.947. The summed E-state index contributed by atoms with van der Waals surface area (Å²) in [5.74, 6) is -0.852. The van der Waals surface area contributed by atoms with Crippen LogP contribution in [0.5, 0.6) is 0 Å². The molecule has 2 heterocycles. The number of alkyl carbamates (subject to hydrolysis) is 1. The first kappa shape index (κ1) is 39.3. The van der Waals surface area contributed by atoms with Crippen molar-refractivity contribution in [1.29, 1.82) is 0 Å². The summed E-state index contributed by atoms with van der Waals surface area (Å²) in [7, 11) is -10.6. The van der Waals surface area contributed by atoms with Crippen molar-refractivity contribution in [2.45, 2.75) is 44.4 Å². The number of ether oxygens (including phenoxy) is 1. The van der Waals surface area contributed by atoms with E-state index in [0.717, 1.165) is 48.9 Å². The average molecular weight is 801 g/mol. The number of hydrogen-bond acceptors (Lipinski definition) is 11. The highest BCUT2D eigenvalue weighted by Crippen LogP contribution is 2.61. The van der Waals surface area contributed by atoms with Crippen LogP contribution in [-0.2, 0) is 32.0 Å². The van der Waals surface area contributed by atoms with Crippen molar-refractivity contribution in [1.82, 2.24) is 20.5 Å². The molecule has 0 spiro atoms. The van der Waals surface area contributed by atoms with E-state index < -0.39 is 65.1 Å². The van der Waals surface area contributed by atoms with Gasteiger partial charge in [-0.1, -0.05) is 72.8 Å². The standard InChI is InChI=1S/C35H38N4O12P2S/c1-21(23-11-13-24(14-12-23)32-22(2)37-20-54-32)38-33(40)31-17-25(18-39(31)35(42)43)50-53(46,47)51-52(44,45)49-16-15-36-34(41)48-19-30-28-9-5-3-7-26(28)27-8-4-6-10-29(27)30/h3-14,20-21,25,30-31H,15-19H2,1-2H3,(H,36,41)(H,38,40)(H,42,43)(H,44,45)(H,46,47)/t21-,25?,31?/m0/s1. The molecule has 54 heavy (non-hydrogen) atoms. The van der Waals surface area contributed by atoms with Crippen LogP contribution in [0.3, 0.4) is 0 Å². The maximum absolute atomic E-state index is 13.2. The zero-order valence-corrected chi connectivity index (χ0v) is 31.7. The van der Waals surface area contributed by atoms with Crippen LogP contribution in [0, 0.1) is 6.92 Å². The van der Waals surface area contributed by atoms with Crippen molar-refractivity contribution in [2.75, 3.05) is 26.3 Å². The number of nitrogens with one attached hydrogen (secondary N) is 2. The smallest absolute Gasteiger partial charge is 0.465 e. The number of carboxylic acid groups (broad SMARTS) is 1. The molecule has 0 bridgehead atoms. The molecule has 4 unspecified atom stereocenters. The third-order valence-corrected chi connectivity index (χ3v) is 12.7. The van der Waals surface area contributed by atoms with Crippen molar-refractivity contribution in [2.24, 2.45) is 0 Å². The summed E-state index contributed by atoms with van der Waals surface area (Å²) in [6.45, 7) is 2.24. The summed E-state index contributed by atoms with van der Waals surface area (Å²) in [4.78, 5) is 63.9. The van der Waals surface area contributed by atoms with Crippen LogP contribution in [0.1, 0.15) is 47.7 Å². The Hall–Kier alpha value is -4.44. The lowest BCUT2D eigenvalue weighted by Crippen LogP contribution is -2.46. The molecule has 2 aliphatic rings. The number of thiazole rings is 1. The predicted molar refractivity (Wildman–Crippen MR) is 197 cm³/mol. The van der Waals surface area contributed by atoms with Crippen LogP contribution in [0.15, 0.2) is 78.3 Å². The number of likely N-dealkylation sites (tertiary alicyclic amines) is 1. The molecule has 286 valence electrons. The van der Waals surface area contributed by atoms with Gasteiger partial charge >= 0.3 is 27.8 Å². The molecule has 19 heteroatoms. The van der Waals surface area contributed by atoms with Gasteiger partial charge in [-0.3, -0.25) is 18.7 Å². The number of carbonyl (C=O) groups excluding carboxylic acids is 2. The van der Waals surface area contributed by atoms with Crippen molar-refractivity contribution in [3.05, 3.63) is 101 Å². The Kier molecular flexibility index (Phi) is 12.0. The average Bonchev–Trinajstić information content (AvgIpc) is 3.84. The summed E-state index contributed by atoms with van der Waals surface area (Å²) >= 11 is 1.51. The fourth-order valence-corrected chi connectivity index (χ4v) is 9.60. The lowest BCUT2D eigenvalue weighted by atomic mass is 9.98. The molecule has 1 saturated heterocycles. The molecule has 5 atom stereocenters. The van der Waals surface area contributed by atoms with Crippen molar-refractivity contribution < 1.29 is 56.5 Å². The van der Waals surface area contributed by atoms with Crippen LogP contribution in [0.2, 0.25) is 0 Å². The van der Waals surface area contributed by atoms with E-state index in [1.165, 1.54) is 11.3 Å². The van der Waals surface area contributed by atoms with Crippen molar-refractivity contribution in [3.8, 4) is 21.6 Å². The first-order valence-electron chi connectivity index (χ1n) is 16.8. The van der Waals surface area contributed by atoms with E-state index in [9.17, 15) is 38.4 Å². The highest BCUT2D eigenvalue weighted by Gasteiger charge is 2.45. The highest BCUT2D eigenvalue weighted by atomic mass is 32.1. The second-order valence-electron chi connectivity index (χ2n) is 12.6. The number of carbonyl (C=O) groups is 3. The van der Waals surface area contributed by atoms with Crippen LogP contribution >= 0.6 is 27.0 Å². The minimum Gasteiger partial charge on any atom is -0.465 e. The van der Waals surface area contributed by atoms with Gasteiger partial charge in [0.25, 0.3) is 0 Å². The Morgan fingerprint density at radius 2 is 1.63 bits per heavy atom. The zero-order chi connectivity index (χ0) is 38.6. The molecule has 1 fully saturated rings. The van der Waals surface area contributed by atoms with Gasteiger partial charge in [-0.2, -0.15) is 4.31 Å². The van der Waals surface area contributed by atoms with E-state index >= 15 is 0 Å². The van der Waals surface area contributed by atoms with Gasteiger partial charge in [0.15, 0.2) is 0 Å².